The van der Waals surface area contributed by atoms with Gasteiger partial charge in [-0.05, 0) is 62.7 Å². The van der Waals surface area contributed by atoms with Crippen molar-refractivity contribution in [2.45, 2.75) is 20.8 Å². The van der Waals surface area contributed by atoms with Gasteiger partial charge in [0.1, 0.15) is 12.3 Å². The normalized spacial score (nSPS) is 11.4. The summed E-state index contributed by atoms with van der Waals surface area (Å²) in [6.45, 7) is 7.20. The van der Waals surface area contributed by atoms with Crippen molar-refractivity contribution in [2.75, 3.05) is 41.7 Å². The Bertz CT molecular complexity index is 970. The quantitative estimate of drug-likeness (QED) is 0.423. The van der Waals surface area contributed by atoms with Crippen LogP contribution < -0.4 is 19.4 Å². The van der Waals surface area contributed by atoms with Crippen LogP contribution in [-0.2, 0) is 14.8 Å². The summed E-state index contributed by atoms with van der Waals surface area (Å²) >= 11 is 0. The number of hydrogen-bond donors (Lipinski definition) is 1. The molecule has 0 unspecified atom stereocenters. The average Bonchev–Trinajstić information content (AvgIpc) is 2.79. The van der Waals surface area contributed by atoms with E-state index in [9.17, 15) is 13.2 Å². The molecule has 0 aliphatic carbocycles. The maximum atomic E-state index is 12.5. The lowest BCUT2D eigenvalue weighted by atomic mass is 10.2. The summed E-state index contributed by atoms with van der Waals surface area (Å²) in [7, 11) is -2.12. The van der Waals surface area contributed by atoms with Crippen molar-refractivity contribution in [3.05, 3.63) is 54.1 Å². The zero-order valence-corrected chi connectivity index (χ0v) is 19.2. The lowest BCUT2D eigenvalue weighted by Crippen LogP contribution is -2.40. The van der Waals surface area contributed by atoms with Crippen LogP contribution in [0.2, 0.25) is 0 Å². The molecule has 0 saturated heterocycles. The molecule has 2 aromatic rings. The van der Waals surface area contributed by atoms with Crippen molar-refractivity contribution in [1.82, 2.24) is 5.43 Å². The number of nitrogens with one attached hydrogen (secondary N) is 1. The largest absolute Gasteiger partial charge is 0.497 e. The van der Waals surface area contributed by atoms with Crippen LogP contribution in [-0.4, -0.2) is 53.0 Å². The Kier molecular flexibility index (Phi) is 8.87. The van der Waals surface area contributed by atoms with Gasteiger partial charge >= 0.3 is 0 Å². The molecule has 0 radical (unpaired) electrons. The van der Waals surface area contributed by atoms with E-state index in [0.29, 0.717) is 11.4 Å². The zero-order chi connectivity index (χ0) is 22.9. The molecule has 1 amide bonds. The van der Waals surface area contributed by atoms with Gasteiger partial charge in [0, 0.05) is 18.8 Å². The number of nitrogens with zero attached hydrogens (tertiary/aromatic N) is 3. The van der Waals surface area contributed by atoms with Crippen molar-refractivity contribution >= 4 is 33.5 Å². The molecule has 0 heterocycles. The van der Waals surface area contributed by atoms with Crippen LogP contribution >= 0.6 is 0 Å². The highest BCUT2D eigenvalue weighted by molar-refractivity contribution is 7.92. The lowest BCUT2D eigenvalue weighted by Gasteiger charge is -2.23. The third-order valence-corrected chi connectivity index (χ3v) is 6.51. The van der Waals surface area contributed by atoms with Gasteiger partial charge in [0.05, 0.1) is 24.8 Å². The summed E-state index contributed by atoms with van der Waals surface area (Å²) in [5.41, 5.74) is 4.72. The fourth-order valence-electron chi connectivity index (χ4n) is 2.96. The molecule has 0 saturated carbocycles. The maximum Gasteiger partial charge on any atom is 0.260 e. The van der Waals surface area contributed by atoms with Gasteiger partial charge in [-0.15, -0.1) is 0 Å². The molecule has 0 aliphatic rings. The Morgan fingerprint density at radius 2 is 1.58 bits per heavy atom. The highest BCUT2D eigenvalue weighted by Crippen LogP contribution is 2.22. The Morgan fingerprint density at radius 1 is 1.00 bits per heavy atom. The van der Waals surface area contributed by atoms with E-state index < -0.39 is 15.9 Å². The standard InChI is InChI=1S/C22H30N4O4S/c1-5-25(6-2)19-10-8-18(9-11-19)16-23-24-22(27)17-26(31(28,29)7-3)20-12-14-21(30-4)15-13-20/h8-16H,5-7,17H2,1-4H3,(H,24,27)/b23-16-. The van der Waals surface area contributed by atoms with Gasteiger partial charge in [-0.3, -0.25) is 9.10 Å². The van der Waals surface area contributed by atoms with Crippen LogP contribution in [0, 0.1) is 0 Å². The molecule has 168 valence electrons. The molecular weight excluding hydrogens is 416 g/mol. The monoisotopic (exact) mass is 446 g/mol. The van der Waals surface area contributed by atoms with Gasteiger partial charge in [0.25, 0.3) is 5.91 Å². The predicted molar refractivity (Wildman–Crippen MR) is 126 cm³/mol. The summed E-state index contributed by atoms with van der Waals surface area (Å²) in [6, 6.07) is 14.3. The number of benzene rings is 2. The summed E-state index contributed by atoms with van der Waals surface area (Å²) < 4.78 is 31.2. The molecule has 9 heteroatoms. The molecule has 31 heavy (non-hydrogen) atoms. The minimum absolute atomic E-state index is 0.130. The van der Waals surface area contributed by atoms with Gasteiger partial charge in [-0.25, -0.2) is 13.8 Å². The lowest BCUT2D eigenvalue weighted by molar-refractivity contribution is -0.119. The number of hydrazone groups is 1. The van der Waals surface area contributed by atoms with Crippen LogP contribution in [0.3, 0.4) is 0 Å². The smallest absolute Gasteiger partial charge is 0.260 e. The molecule has 0 aromatic heterocycles. The van der Waals surface area contributed by atoms with Gasteiger partial charge in [0.15, 0.2) is 0 Å². The predicted octanol–water partition coefficient (Wildman–Crippen LogP) is 2.85. The van der Waals surface area contributed by atoms with E-state index in [1.165, 1.54) is 20.2 Å². The second-order valence-electron chi connectivity index (χ2n) is 6.66. The first kappa shape index (κ1) is 24.2. The van der Waals surface area contributed by atoms with Crippen molar-refractivity contribution in [3.8, 4) is 5.75 Å². The number of amides is 1. The van der Waals surface area contributed by atoms with Crippen molar-refractivity contribution < 1.29 is 17.9 Å². The number of ether oxygens (including phenoxy) is 1. The van der Waals surface area contributed by atoms with E-state index in [4.69, 9.17) is 4.74 Å². The first-order valence-corrected chi connectivity index (χ1v) is 11.8. The molecule has 1 N–H and O–H groups in total. The number of carbonyl (C=O) groups is 1. The Hall–Kier alpha value is -3.07. The number of carbonyl (C=O) groups excluding carboxylic acids is 1. The van der Waals surface area contributed by atoms with Crippen LogP contribution in [0.15, 0.2) is 53.6 Å². The fraction of sp³-hybridized carbons (Fsp3) is 0.364. The molecule has 2 aromatic carbocycles. The molecule has 0 bridgehead atoms. The van der Waals surface area contributed by atoms with Crippen molar-refractivity contribution in [2.24, 2.45) is 5.10 Å². The van der Waals surface area contributed by atoms with Crippen LogP contribution in [0.5, 0.6) is 5.75 Å². The average molecular weight is 447 g/mol. The van der Waals surface area contributed by atoms with E-state index in [2.05, 4.69) is 29.3 Å². The van der Waals surface area contributed by atoms with Gasteiger partial charge in [0.2, 0.25) is 10.0 Å². The second kappa shape index (κ2) is 11.4. The Balaban J connectivity index is 2.05. The third-order valence-electron chi connectivity index (χ3n) is 4.77. The zero-order valence-electron chi connectivity index (χ0n) is 18.4. The first-order valence-electron chi connectivity index (χ1n) is 10.2. The van der Waals surface area contributed by atoms with Crippen molar-refractivity contribution in [3.63, 3.8) is 0 Å². The van der Waals surface area contributed by atoms with E-state index in [1.807, 2.05) is 24.3 Å². The van der Waals surface area contributed by atoms with Gasteiger partial charge in [-0.2, -0.15) is 5.10 Å². The molecular formula is C22H30N4O4S. The minimum atomic E-state index is -3.65. The fourth-order valence-corrected chi connectivity index (χ4v) is 4.03. The number of sulfonamides is 1. The van der Waals surface area contributed by atoms with Crippen LogP contribution in [0.25, 0.3) is 0 Å². The first-order chi connectivity index (χ1) is 14.8. The molecule has 8 nitrogen and oxygen atoms in total. The molecule has 0 fully saturated rings. The highest BCUT2D eigenvalue weighted by Gasteiger charge is 2.23. The Morgan fingerprint density at radius 3 is 2.10 bits per heavy atom. The van der Waals surface area contributed by atoms with E-state index in [1.54, 1.807) is 24.3 Å². The van der Waals surface area contributed by atoms with E-state index in [0.717, 1.165) is 28.6 Å². The Labute approximate surface area is 184 Å². The second-order valence-corrected chi connectivity index (χ2v) is 8.84. The molecule has 2 rings (SSSR count). The molecule has 0 spiro atoms. The van der Waals surface area contributed by atoms with Crippen LogP contribution in [0.4, 0.5) is 11.4 Å². The number of anilines is 2. The highest BCUT2D eigenvalue weighted by atomic mass is 32.2. The maximum absolute atomic E-state index is 12.5. The number of hydrogen-bond acceptors (Lipinski definition) is 6. The summed E-state index contributed by atoms with van der Waals surface area (Å²) in [6.07, 6.45) is 1.52. The van der Waals surface area contributed by atoms with Crippen molar-refractivity contribution in [1.29, 1.82) is 0 Å². The number of rotatable bonds is 11. The summed E-state index contributed by atoms with van der Waals surface area (Å²) in [5, 5.41) is 3.96. The molecule has 0 aliphatic heterocycles. The van der Waals surface area contributed by atoms with E-state index >= 15 is 0 Å². The van der Waals surface area contributed by atoms with Gasteiger partial charge < -0.3 is 9.64 Å². The van der Waals surface area contributed by atoms with E-state index in [-0.39, 0.29) is 12.3 Å². The topological polar surface area (TPSA) is 91.3 Å². The SMILES string of the molecule is CCN(CC)c1ccc(/C=N\NC(=O)CN(c2ccc(OC)cc2)S(=O)(=O)CC)cc1. The van der Waals surface area contributed by atoms with Crippen LogP contribution in [0.1, 0.15) is 26.3 Å². The minimum Gasteiger partial charge on any atom is -0.497 e. The molecule has 0 atom stereocenters. The summed E-state index contributed by atoms with van der Waals surface area (Å²) in [5.74, 6) is -0.0726. The summed E-state index contributed by atoms with van der Waals surface area (Å²) in [4.78, 5) is 14.6. The number of methoxy groups -OCH3 is 1. The van der Waals surface area contributed by atoms with Gasteiger partial charge in [-0.1, -0.05) is 12.1 Å². The third kappa shape index (κ3) is 6.71.